The van der Waals surface area contributed by atoms with Gasteiger partial charge >= 0.3 is 0 Å². The molecule has 78 valence electrons. The number of halogens is 1. The zero-order valence-corrected chi connectivity index (χ0v) is 8.84. The third-order valence-electron chi connectivity index (χ3n) is 2.01. The van der Waals surface area contributed by atoms with Crippen LogP contribution in [0.15, 0.2) is 12.1 Å². The van der Waals surface area contributed by atoms with Crippen LogP contribution >= 0.6 is 11.6 Å². The van der Waals surface area contributed by atoms with Gasteiger partial charge in [-0.3, -0.25) is 0 Å². The van der Waals surface area contributed by atoms with E-state index in [4.69, 9.17) is 27.2 Å². The minimum absolute atomic E-state index is 0.0664. The fourth-order valence-corrected chi connectivity index (χ4v) is 1.57. The average molecular weight is 216 g/mol. The van der Waals surface area contributed by atoms with Crippen molar-refractivity contribution in [1.82, 2.24) is 0 Å². The lowest BCUT2D eigenvalue weighted by Crippen LogP contribution is -2.01. The Morgan fingerprint density at radius 3 is 2.71 bits per heavy atom. The Morgan fingerprint density at radius 2 is 2.21 bits per heavy atom. The summed E-state index contributed by atoms with van der Waals surface area (Å²) < 4.78 is 5.11. The van der Waals surface area contributed by atoms with Crippen molar-refractivity contribution in [3.63, 3.8) is 0 Å². The Balaban J connectivity index is 3.12. The summed E-state index contributed by atoms with van der Waals surface area (Å²) in [6.45, 7) is 0.503. The van der Waals surface area contributed by atoms with E-state index in [1.54, 1.807) is 7.11 Å². The molecule has 0 aliphatic carbocycles. The third kappa shape index (κ3) is 2.38. The van der Waals surface area contributed by atoms with Gasteiger partial charge in [0.2, 0.25) is 0 Å². The van der Waals surface area contributed by atoms with Gasteiger partial charge in [0.1, 0.15) is 5.75 Å². The Hall–Kier alpha value is -0.770. The molecule has 4 heteroatoms. The predicted molar refractivity (Wildman–Crippen MR) is 56.7 cm³/mol. The molecule has 0 saturated carbocycles. The van der Waals surface area contributed by atoms with Crippen molar-refractivity contribution < 1.29 is 9.84 Å². The zero-order valence-electron chi connectivity index (χ0n) is 8.09. The molecule has 0 aliphatic heterocycles. The van der Waals surface area contributed by atoms with Crippen molar-refractivity contribution in [3.05, 3.63) is 28.3 Å². The molecule has 0 atom stereocenters. The molecule has 0 spiro atoms. The van der Waals surface area contributed by atoms with Crippen LogP contribution in [-0.2, 0) is 13.0 Å². The van der Waals surface area contributed by atoms with Gasteiger partial charge in [-0.15, -0.1) is 0 Å². The van der Waals surface area contributed by atoms with E-state index in [0.29, 0.717) is 23.7 Å². The second-order valence-electron chi connectivity index (χ2n) is 2.95. The van der Waals surface area contributed by atoms with E-state index >= 15 is 0 Å². The van der Waals surface area contributed by atoms with Crippen LogP contribution in [0.25, 0.3) is 0 Å². The number of benzene rings is 1. The first-order valence-corrected chi connectivity index (χ1v) is 4.77. The normalized spacial score (nSPS) is 10.3. The summed E-state index contributed by atoms with van der Waals surface area (Å²) in [5, 5.41) is 9.40. The van der Waals surface area contributed by atoms with E-state index in [0.717, 1.165) is 11.1 Å². The monoisotopic (exact) mass is 215 g/mol. The number of nitrogens with two attached hydrogens (primary N) is 1. The molecule has 1 rings (SSSR count). The summed E-state index contributed by atoms with van der Waals surface area (Å²) >= 11 is 6.04. The van der Waals surface area contributed by atoms with Gasteiger partial charge in [-0.2, -0.15) is 0 Å². The van der Waals surface area contributed by atoms with Crippen LogP contribution in [0.1, 0.15) is 11.1 Å². The molecule has 0 bridgehead atoms. The smallest absolute Gasteiger partial charge is 0.138 e. The van der Waals surface area contributed by atoms with Crippen LogP contribution in [0, 0.1) is 0 Å². The number of methoxy groups -OCH3 is 1. The van der Waals surface area contributed by atoms with Crippen LogP contribution < -0.4 is 10.5 Å². The maximum atomic E-state index is 8.84. The first-order valence-electron chi connectivity index (χ1n) is 4.39. The first kappa shape index (κ1) is 11.3. The highest BCUT2D eigenvalue weighted by Crippen LogP contribution is 2.29. The van der Waals surface area contributed by atoms with Crippen LogP contribution in [0.2, 0.25) is 5.02 Å². The van der Waals surface area contributed by atoms with Gasteiger partial charge in [0.15, 0.2) is 0 Å². The molecular weight excluding hydrogens is 202 g/mol. The number of aliphatic hydroxyl groups excluding tert-OH is 1. The lowest BCUT2D eigenvalue weighted by Gasteiger charge is -2.10. The Labute approximate surface area is 88.4 Å². The Kier molecular flexibility index (Phi) is 4.20. The molecule has 0 aromatic heterocycles. The summed E-state index contributed by atoms with van der Waals surface area (Å²) in [6.07, 6.45) is 0.517. The molecule has 1 aromatic rings. The number of rotatable bonds is 4. The molecule has 0 unspecified atom stereocenters. The maximum Gasteiger partial charge on any atom is 0.138 e. The van der Waals surface area contributed by atoms with E-state index in [-0.39, 0.29) is 6.61 Å². The summed E-state index contributed by atoms with van der Waals surface area (Å²) in [6, 6.07) is 3.70. The van der Waals surface area contributed by atoms with Crippen LogP contribution in [0.4, 0.5) is 0 Å². The minimum atomic E-state index is 0.0664. The fourth-order valence-electron chi connectivity index (χ4n) is 1.29. The van der Waals surface area contributed by atoms with E-state index in [1.807, 2.05) is 12.1 Å². The summed E-state index contributed by atoms with van der Waals surface area (Å²) in [5.41, 5.74) is 7.35. The molecular formula is C10H14ClNO2. The summed E-state index contributed by atoms with van der Waals surface area (Å²) in [5.74, 6) is 0.609. The molecule has 0 heterocycles. The van der Waals surface area contributed by atoms with Crippen molar-refractivity contribution in [3.8, 4) is 5.75 Å². The van der Waals surface area contributed by atoms with Gasteiger partial charge < -0.3 is 15.6 Å². The highest BCUT2D eigenvalue weighted by Gasteiger charge is 2.08. The molecule has 3 nitrogen and oxygen atoms in total. The molecule has 0 saturated heterocycles. The van der Waals surface area contributed by atoms with Gasteiger partial charge in [0.25, 0.3) is 0 Å². The Morgan fingerprint density at radius 1 is 1.50 bits per heavy atom. The molecule has 0 aliphatic rings. The standard InChI is InChI=1S/C10H14ClNO2/c1-14-9-5-7(6-12)4-8(2-3-13)10(9)11/h4-5,13H,2-3,6,12H2,1H3. The highest BCUT2D eigenvalue weighted by atomic mass is 35.5. The molecule has 0 fully saturated rings. The molecule has 14 heavy (non-hydrogen) atoms. The second-order valence-corrected chi connectivity index (χ2v) is 3.33. The van der Waals surface area contributed by atoms with E-state index in [9.17, 15) is 0 Å². The van der Waals surface area contributed by atoms with Crippen LogP contribution in [0.5, 0.6) is 5.75 Å². The highest BCUT2D eigenvalue weighted by molar-refractivity contribution is 6.32. The number of hydrogen-bond acceptors (Lipinski definition) is 3. The minimum Gasteiger partial charge on any atom is -0.495 e. The SMILES string of the molecule is COc1cc(CN)cc(CCO)c1Cl. The number of hydrogen-bond donors (Lipinski definition) is 2. The number of ether oxygens (including phenoxy) is 1. The molecule has 0 radical (unpaired) electrons. The largest absolute Gasteiger partial charge is 0.495 e. The first-order chi connectivity index (χ1) is 6.72. The van der Waals surface area contributed by atoms with Crippen molar-refractivity contribution >= 4 is 11.6 Å². The molecule has 3 N–H and O–H groups in total. The van der Waals surface area contributed by atoms with Crippen molar-refractivity contribution in [1.29, 1.82) is 0 Å². The lowest BCUT2D eigenvalue weighted by molar-refractivity contribution is 0.299. The Bertz CT molecular complexity index is 315. The van der Waals surface area contributed by atoms with Gasteiger partial charge in [-0.25, -0.2) is 0 Å². The van der Waals surface area contributed by atoms with Gasteiger partial charge in [0.05, 0.1) is 12.1 Å². The van der Waals surface area contributed by atoms with Crippen LogP contribution in [0.3, 0.4) is 0 Å². The lowest BCUT2D eigenvalue weighted by atomic mass is 10.1. The van der Waals surface area contributed by atoms with E-state index in [2.05, 4.69) is 0 Å². The third-order valence-corrected chi connectivity index (χ3v) is 2.44. The zero-order chi connectivity index (χ0) is 10.6. The van der Waals surface area contributed by atoms with Crippen LogP contribution in [-0.4, -0.2) is 18.8 Å². The van der Waals surface area contributed by atoms with Gasteiger partial charge in [0, 0.05) is 13.2 Å². The van der Waals surface area contributed by atoms with Gasteiger partial charge in [-0.1, -0.05) is 17.7 Å². The predicted octanol–water partition coefficient (Wildman–Crippen LogP) is 1.34. The topological polar surface area (TPSA) is 55.5 Å². The summed E-state index contributed by atoms with van der Waals surface area (Å²) in [7, 11) is 1.56. The van der Waals surface area contributed by atoms with E-state index in [1.165, 1.54) is 0 Å². The second kappa shape index (κ2) is 5.20. The van der Waals surface area contributed by atoms with Crippen molar-refractivity contribution in [2.45, 2.75) is 13.0 Å². The summed E-state index contributed by atoms with van der Waals surface area (Å²) in [4.78, 5) is 0. The average Bonchev–Trinajstić information content (AvgIpc) is 2.21. The molecule has 0 amide bonds. The van der Waals surface area contributed by atoms with Crippen molar-refractivity contribution in [2.24, 2.45) is 5.73 Å². The number of aliphatic hydroxyl groups is 1. The maximum absolute atomic E-state index is 8.84. The quantitative estimate of drug-likeness (QED) is 0.797. The van der Waals surface area contributed by atoms with Crippen molar-refractivity contribution in [2.75, 3.05) is 13.7 Å². The van der Waals surface area contributed by atoms with Gasteiger partial charge in [-0.05, 0) is 23.6 Å². The molecule has 1 aromatic carbocycles. The van der Waals surface area contributed by atoms with E-state index < -0.39 is 0 Å². The fraction of sp³-hybridized carbons (Fsp3) is 0.400.